The number of para-hydroxylation sites is 1. The fourth-order valence-electron chi connectivity index (χ4n) is 2.58. The summed E-state index contributed by atoms with van der Waals surface area (Å²) in [5.74, 6) is -0.605. The lowest BCUT2D eigenvalue weighted by molar-refractivity contribution is -0.120. The molecule has 26 heavy (non-hydrogen) atoms. The molecule has 0 aliphatic rings. The number of carbonyl (C=O) groups is 2. The fourth-order valence-corrected chi connectivity index (χ4v) is 2.58. The number of fused-ring (bicyclic) bond motifs is 1. The Labute approximate surface area is 149 Å². The molecule has 0 saturated carbocycles. The normalized spacial score (nSPS) is 10.5. The number of nitrogens with one attached hydrogen (secondary N) is 2. The van der Waals surface area contributed by atoms with Crippen LogP contribution in [-0.2, 0) is 11.3 Å². The van der Waals surface area contributed by atoms with Crippen LogP contribution in [0.4, 0.5) is 10.5 Å². The predicted octanol–water partition coefficient (Wildman–Crippen LogP) is 2.36. The number of anilines is 1. The van der Waals surface area contributed by atoms with Gasteiger partial charge >= 0.3 is 6.03 Å². The van der Waals surface area contributed by atoms with Crippen molar-refractivity contribution in [1.29, 1.82) is 0 Å². The highest BCUT2D eigenvalue weighted by Gasteiger charge is 2.12. The lowest BCUT2D eigenvalue weighted by atomic mass is 10.1. The van der Waals surface area contributed by atoms with E-state index < -0.39 is 11.9 Å². The summed E-state index contributed by atoms with van der Waals surface area (Å²) < 4.78 is 1.17. The van der Waals surface area contributed by atoms with Crippen molar-refractivity contribution in [2.45, 2.75) is 20.4 Å². The van der Waals surface area contributed by atoms with Gasteiger partial charge in [0.1, 0.15) is 6.54 Å². The molecule has 0 bridgehead atoms. The van der Waals surface area contributed by atoms with E-state index in [2.05, 4.69) is 15.6 Å². The molecule has 1 aromatic heterocycles. The molecule has 2 aromatic carbocycles. The van der Waals surface area contributed by atoms with Crippen LogP contribution in [0.3, 0.4) is 0 Å². The molecule has 0 atom stereocenters. The van der Waals surface area contributed by atoms with E-state index in [0.717, 1.165) is 11.1 Å². The molecule has 7 nitrogen and oxygen atoms in total. The summed E-state index contributed by atoms with van der Waals surface area (Å²) in [5, 5.41) is 5.28. The van der Waals surface area contributed by atoms with Crippen molar-refractivity contribution in [1.82, 2.24) is 14.9 Å². The van der Waals surface area contributed by atoms with Gasteiger partial charge in [-0.2, -0.15) is 0 Å². The van der Waals surface area contributed by atoms with Crippen LogP contribution in [0.1, 0.15) is 11.1 Å². The van der Waals surface area contributed by atoms with Crippen molar-refractivity contribution in [3.63, 3.8) is 0 Å². The third-order valence-electron chi connectivity index (χ3n) is 4.15. The monoisotopic (exact) mass is 350 g/mol. The third kappa shape index (κ3) is 3.61. The van der Waals surface area contributed by atoms with Gasteiger partial charge in [0.2, 0.25) is 5.91 Å². The second-order valence-corrected chi connectivity index (χ2v) is 5.94. The zero-order chi connectivity index (χ0) is 18.7. The van der Waals surface area contributed by atoms with Gasteiger partial charge < -0.3 is 5.32 Å². The summed E-state index contributed by atoms with van der Waals surface area (Å²) in [4.78, 5) is 40.6. The molecule has 7 heteroatoms. The Bertz CT molecular complexity index is 1060. The van der Waals surface area contributed by atoms with Crippen molar-refractivity contribution >= 4 is 28.5 Å². The minimum absolute atomic E-state index is 0.295. The summed E-state index contributed by atoms with van der Waals surface area (Å²) in [7, 11) is 0. The van der Waals surface area contributed by atoms with Crippen molar-refractivity contribution < 1.29 is 9.59 Å². The lowest BCUT2D eigenvalue weighted by Crippen LogP contribution is -2.38. The Kier molecular flexibility index (Phi) is 4.79. The topological polar surface area (TPSA) is 93.1 Å². The van der Waals surface area contributed by atoms with Crippen LogP contribution in [0.15, 0.2) is 53.6 Å². The molecule has 0 unspecified atom stereocenters. The number of imide groups is 1. The number of urea groups is 1. The van der Waals surface area contributed by atoms with Gasteiger partial charge in [0.15, 0.2) is 0 Å². The number of aromatic nitrogens is 2. The minimum atomic E-state index is -0.648. The van der Waals surface area contributed by atoms with Gasteiger partial charge in [0, 0.05) is 5.69 Å². The number of hydrogen-bond donors (Lipinski definition) is 2. The zero-order valence-electron chi connectivity index (χ0n) is 14.4. The summed E-state index contributed by atoms with van der Waals surface area (Å²) >= 11 is 0. The number of carbonyl (C=O) groups excluding carboxylic acids is 2. The Hall–Kier alpha value is -3.48. The maximum Gasteiger partial charge on any atom is 0.325 e. The summed E-state index contributed by atoms with van der Waals surface area (Å²) in [5.41, 5.74) is 2.80. The molecule has 132 valence electrons. The summed E-state index contributed by atoms with van der Waals surface area (Å²) in [6, 6.07) is 11.7. The van der Waals surface area contributed by atoms with Gasteiger partial charge in [-0.15, -0.1) is 0 Å². The molecule has 0 radical (unpaired) electrons. The van der Waals surface area contributed by atoms with Crippen LogP contribution in [0.25, 0.3) is 10.9 Å². The van der Waals surface area contributed by atoms with E-state index in [0.29, 0.717) is 16.6 Å². The van der Waals surface area contributed by atoms with Crippen LogP contribution in [-0.4, -0.2) is 21.5 Å². The molecule has 0 saturated heterocycles. The number of aryl methyl sites for hydroxylation is 1. The zero-order valence-corrected chi connectivity index (χ0v) is 14.4. The van der Waals surface area contributed by atoms with E-state index in [1.807, 2.05) is 26.0 Å². The van der Waals surface area contributed by atoms with E-state index in [1.54, 1.807) is 30.3 Å². The first-order chi connectivity index (χ1) is 12.5. The van der Waals surface area contributed by atoms with Gasteiger partial charge in [0.05, 0.1) is 17.2 Å². The largest absolute Gasteiger partial charge is 0.325 e. The standard InChI is InChI=1S/C19H18N4O3/c1-12-6-5-9-15(13(12)2)21-19(26)22-17(24)10-23-11-20-16-8-4-3-7-14(16)18(23)25/h3-9,11H,10H2,1-2H3,(H2,21,22,24,26). The Balaban J connectivity index is 1.69. The maximum absolute atomic E-state index is 12.4. The first-order valence-electron chi connectivity index (χ1n) is 8.07. The molecule has 0 aliphatic carbocycles. The number of benzene rings is 2. The first-order valence-corrected chi connectivity index (χ1v) is 8.07. The van der Waals surface area contributed by atoms with E-state index in [-0.39, 0.29) is 12.1 Å². The maximum atomic E-state index is 12.4. The molecular formula is C19H18N4O3. The number of amides is 3. The summed E-state index contributed by atoms with van der Waals surface area (Å²) in [6.07, 6.45) is 1.30. The highest BCUT2D eigenvalue weighted by atomic mass is 16.2. The highest BCUT2D eigenvalue weighted by Crippen LogP contribution is 2.17. The molecule has 0 aliphatic heterocycles. The molecule has 0 fully saturated rings. The Morgan fingerprint density at radius 1 is 1.08 bits per heavy atom. The number of nitrogens with zero attached hydrogens (tertiary/aromatic N) is 2. The SMILES string of the molecule is Cc1cccc(NC(=O)NC(=O)Cn2cnc3ccccc3c2=O)c1C. The van der Waals surface area contributed by atoms with Crippen LogP contribution < -0.4 is 16.2 Å². The van der Waals surface area contributed by atoms with Crippen LogP contribution in [0, 0.1) is 13.8 Å². The molecule has 3 amide bonds. The van der Waals surface area contributed by atoms with E-state index in [1.165, 1.54) is 10.9 Å². The second-order valence-electron chi connectivity index (χ2n) is 5.94. The van der Waals surface area contributed by atoms with Crippen LogP contribution in [0.5, 0.6) is 0 Å². The van der Waals surface area contributed by atoms with Crippen LogP contribution in [0.2, 0.25) is 0 Å². The first kappa shape index (κ1) is 17.3. The van der Waals surface area contributed by atoms with E-state index in [4.69, 9.17) is 0 Å². The number of rotatable bonds is 3. The molecule has 1 heterocycles. The second kappa shape index (κ2) is 7.18. The average Bonchev–Trinajstić information content (AvgIpc) is 2.61. The van der Waals surface area contributed by atoms with E-state index >= 15 is 0 Å². The van der Waals surface area contributed by atoms with Crippen molar-refractivity contribution in [3.8, 4) is 0 Å². The predicted molar refractivity (Wildman–Crippen MR) is 99.1 cm³/mol. The Morgan fingerprint density at radius 2 is 1.85 bits per heavy atom. The van der Waals surface area contributed by atoms with Gasteiger partial charge in [-0.1, -0.05) is 24.3 Å². The van der Waals surface area contributed by atoms with Crippen molar-refractivity contribution in [2.24, 2.45) is 0 Å². The smallest absolute Gasteiger partial charge is 0.307 e. The number of hydrogen-bond acceptors (Lipinski definition) is 4. The minimum Gasteiger partial charge on any atom is -0.307 e. The lowest BCUT2D eigenvalue weighted by Gasteiger charge is -2.11. The molecular weight excluding hydrogens is 332 g/mol. The highest BCUT2D eigenvalue weighted by molar-refractivity contribution is 6.01. The van der Waals surface area contributed by atoms with Crippen molar-refractivity contribution in [2.75, 3.05) is 5.32 Å². The molecule has 0 spiro atoms. The third-order valence-corrected chi connectivity index (χ3v) is 4.15. The van der Waals surface area contributed by atoms with Gasteiger partial charge in [0.25, 0.3) is 5.56 Å². The molecule has 3 rings (SSSR count). The quantitative estimate of drug-likeness (QED) is 0.758. The van der Waals surface area contributed by atoms with Crippen LogP contribution >= 0.6 is 0 Å². The summed E-state index contributed by atoms with van der Waals surface area (Å²) in [6.45, 7) is 3.52. The Morgan fingerprint density at radius 3 is 2.65 bits per heavy atom. The molecule has 2 N–H and O–H groups in total. The average molecular weight is 350 g/mol. The van der Waals surface area contributed by atoms with Gasteiger partial charge in [-0.25, -0.2) is 9.78 Å². The van der Waals surface area contributed by atoms with Crippen molar-refractivity contribution in [3.05, 3.63) is 70.3 Å². The van der Waals surface area contributed by atoms with E-state index in [9.17, 15) is 14.4 Å². The fraction of sp³-hybridized carbons (Fsp3) is 0.158. The molecule has 3 aromatic rings. The van der Waals surface area contributed by atoms with Gasteiger partial charge in [-0.3, -0.25) is 19.5 Å². The van der Waals surface area contributed by atoms with Gasteiger partial charge in [-0.05, 0) is 43.2 Å².